The van der Waals surface area contributed by atoms with E-state index in [1.165, 1.54) is 12.6 Å². The largest absolute Gasteiger partial charge is 0.710 e. The number of anilines is 4. The van der Waals surface area contributed by atoms with Crippen molar-refractivity contribution in [2.75, 3.05) is 10.6 Å². The van der Waals surface area contributed by atoms with Crippen LogP contribution in [0.4, 0.5) is 23.3 Å². The van der Waals surface area contributed by atoms with Crippen LogP contribution in [-0.4, -0.2) is 21.0 Å². The number of fused-ring (bicyclic) bond motifs is 2. The number of carbonyl (C=O) groups is 1. The zero-order valence-electron chi connectivity index (χ0n) is 16.4. The third kappa shape index (κ3) is 3.00. The first kappa shape index (κ1) is 18.3. The molecule has 30 heavy (non-hydrogen) atoms. The molecule has 0 aromatic carbocycles. The van der Waals surface area contributed by atoms with Gasteiger partial charge in [0.15, 0.2) is 5.82 Å². The summed E-state index contributed by atoms with van der Waals surface area (Å²) >= 11 is 0. The Hall–Kier alpha value is -3.69. The number of pyridine rings is 1. The van der Waals surface area contributed by atoms with Crippen molar-refractivity contribution in [3.05, 3.63) is 52.8 Å². The van der Waals surface area contributed by atoms with Gasteiger partial charge in [-0.15, -0.1) is 0 Å². The average molecular weight is 407 g/mol. The van der Waals surface area contributed by atoms with Gasteiger partial charge in [0.05, 0.1) is 5.56 Å². The number of aryl methyl sites for hydroxylation is 1. The molecule has 0 bridgehead atoms. The normalized spacial score (nSPS) is 16.9. The van der Waals surface area contributed by atoms with Crippen molar-refractivity contribution in [1.29, 1.82) is 0 Å². The minimum absolute atomic E-state index is 0.165. The summed E-state index contributed by atoms with van der Waals surface area (Å²) in [6.07, 6.45) is 7.47. The summed E-state index contributed by atoms with van der Waals surface area (Å²) in [6.45, 7) is 1.85. The van der Waals surface area contributed by atoms with E-state index in [4.69, 9.17) is 4.52 Å². The van der Waals surface area contributed by atoms with Crippen LogP contribution in [0.25, 0.3) is 0 Å². The Kier molecular flexibility index (Phi) is 4.27. The third-order valence-electron chi connectivity index (χ3n) is 5.76. The smallest absolute Gasteiger partial charge is 0.284 e. The number of carbonyl (C=O) groups excluding carboxylic acids is 1. The van der Waals surface area contributed by atoms with Crippen molar-refractivity contribution in [2.24, 2.45) is 0 Å². The fraction of sp³-hybridized carbons (Fsp3) is 0.350. The minimum Gasteiger partial charge on any atom is -0.710 e. The van der Waals surface area contributed by atoms with Crippen LogP contribution in [0.3, 0.4) is 0 Å². The maximum absolute atomic E-state index is 13.4. The summed E-state index contributed by atoms with van der Waals surface area (Å²) in [5.41, 5.74) is 1.19. The molecule has 5 rings (SSSR count). The molecule has 10 heteroatoms. The van der Waals surface area contributed by atoms with Gasteiger partial charge in [-0.1, -0.05) is 24.4 Å². The molecule has 1 amide bonds. The zero-order valence-corrected chi connectivity index (χ0v) is 16.4. The van der Waals surface area contributed by atoms with E-state index >= 15 is 0 Å². The Morgan fingerprint density at radius 1 is 1.13 bits per heavy atom. The van der Waals surface area contributed by atoms with E-state index in [1.54, 1.807) is 18.2 Å². The molecule has 1 aliphatic carbocycles. The molecule has 3 N–H and O–H groups in total. The number of rotatable bonds is 4. The van der Waals surface area contributed by atoms with Gasteiger partial charge in [0.2, 0.25) is 5.82 Å². The molecule has 10 nitrogen and oxygen atoms in total. The minimum atomic E-state index is -0.583. The lowest BCUT2D eigenvalue weighted by molar-refractivity contribution is -0.603. The SMILES string of the molecule is Cc1cc(Nc2cc(Nc3ccon3)ncn2)[n+]([O-])c2c1C(=O)NC21CCCCC1. The summed E-state index contributed by atoms with van der Waals surface area (Å²) in [4.78, 5) is 21.0. The first-order valence-corrected chi connectivity index (χ1v) is 9.92. The van der Waals surface area contributed by atoms with E-state index < -0.39 is 5.54 Å². The van der Waals surface area contributed by atoms with Gasteiger partial charge in [-0.25, -0.2) is 15.0 Å². The van der Waals surface area contributed by atoms with Gasteiger partial charge in [-0.3, -0.25) is 4.79 Å². The van der Waals surface area contributed by atoms with E-state index in [-0.39, 0.29) is 5.91 Å². The zero-order chi connectivity index (χ0) is 20.7. The standard InChI is InChI=1S/C20H21N7O3/c1-12-9-16(24-15-10-14(21-11-22-15)23-13-5-8-30-26-13)27(29)18-17(12)19(28)25-20(18)6-3-2-4-7-20/h5,8-11H,2-4,6-7H2,1H3,(H,25,28)(H2,21,22,23,24,26). The molecule has 1 saturated carbocycles. The molecule has 1 fully saturated rings. The van der Waals surface area contributed by atoms with Crippen molar-refractivity contribution >= 4 is 29.2 Å². The highest BCUT2D eigenvalue weighted by Gasteiger charge is 2.48. The Labute approximate surface area is 172 Å². The lowest BCUT2D eigenvalue weighted by Crippen LogP contribution is -2.49. The monoisotopic (exact) mass is 407 g/mol. The molecule has 1 spiro atoms. The topological polar surface area (TPSA) is 132 Å². The van der Waals surface area contributed by atoms with Crippen molar-refractivity contribution in [1.82, 2.24) is 20.4 Å². The summed E-state index contributed by atoms with van der Waals surface area (Å²) in [5, 5.41) is 26.3. The number of hydrogen-bond acceptors (Lipinski definition) is 8. The lowest BCUT2D eigenvalue weighted by Gasteiger charge is -2.34. The van der Waals surface area contributed by atoms with E-state index in [0.717, 1.165) is 42.4 Å². The van der Waals surface area contributed by atoms with E-state index in [2.05, 4.69) is 31.1 Å². The Balaban J connectivity index is 1.50. The maximum atomic E-state index is 13.4. The molecular weight excluding hydrogens is 386 g/mol. The summed E-state index contributed by atoms with van der Waals surface area (Å²) in [5.74, 6) is 1.60. The molecule has 0 saturated heterocycles. The molecule has 3 aromatic heterocycles. The number of nitrogens with zero attached hydrogens (tertiary/aromatic N) is 4. The Morgan fingerprint density at radius 3 is 2.63 bits per heavy atom. The molecule has 4 heterocycles. The van der Waals surface area contributed by atoms with Crippen molar-refractivity contribution < 1.29 is 14.0 Å². The first-order chi connectivity index (χ1) is 14.6. The molecule has 154 valence electrons. The first-order valence-electron chi connectivity index (χ1n) is 9.92. The van der Waals surface area contributed by atoms with Crippen LogP contribution in [0, 0.1) is 12.1 Å². The van der Waals surface area contributed by atoms with Gasteiger partial charge >= 0.3 is 0 Å². The predicted molar refractivity (Wildman–Crippen MR) is 107 cm³/mol. The highest BCUT2D eigenvalue weighted by Crippen LogP contribution is 2.42. The number of nitrogens with one attached hydrogen (secondary N) is 3. The fourth-order valence-corrected chi connectivity index (χ4v) is 4.44. The molecule has 0 radical (unpaired) electrons. The van der Waals surface area contributed by atoms with Gasteiger partial charge in [0, 0.05) is 18.2 Å². The van der Waals surface area contributed by atoms with Gasteiger partial charge in [0.25, 0.3) is 11.7 Å². The van der Waals surface area contributed by atoms with Crippen LogP contribution in [0.2, 0.25) is 0 Å². The van der Waals surface area contributed by atoms with Gasteiger partial charge in [0.1, 0.15) is 29.6 Å². The van der Waals surface area contributed by atoms with Crippen molar-refractivity contribution in [2.45, 2.75) is 44.6 Å². The van der Waals surface area contributed by atoms with Gasteiger partial charge < -0.3 is 20.4 Å². The fourth-order valence-electron chi connectivity index (χ4n) is 4.44. The second-order valence-corrected chi connectivity index (χ2v) is 7.75. The Bertz CT molecular complexity index is 1110. The summed E-state index contributed by atoms with van der Waals surface area (Å²) in [6, 6.07) is 5.01. The molecule has 2 aliphatic rings. The van der Waals surface area contributed by atoms with Crippen LogP contribution < -0.4 is 20.7 Å². The summed E-state index contributed by atoms with van der Waals surface area (Å²) < 4.78 is 5.64. The second kappa shape index (κ2) is 6.97. The Morgan fingerprint density at radius 2 is 1.90 bits per heavy atom. The quantitative estimate of drug-likeness (QED) is 0.444. The summed E-state index contributed by atoms with van der Waals surface area (Å²) in [7, 11) is 0. The average Bonchev–Trinajstić information content (AvgIpc) is 3.33. The van der Waals surface area contributed by atoms with E-state index in [9.17, 15) is 10.0 Å². The highest BCUT2D eigenvalue weighted by molar-refractivity contribution is 6.00. The predicted octanol–water partition coefficient (Wildman–Crippen LogP) is 2.80. The molecule has 1 aliphatic heterocycles. The molecular formula is C20H21N7O3. The van der Waals surface area contributed by atoms with Gasteiger partial charge in [-0.05, 0) is 25.3 Å². The number of amides is 1. The molecule has 0 unspecified atom stereocenters. The number of aromatic nitrogens is 4. The second-order valence-electron chi connectivity index (χ2n) is 7.75. The van der Waals surface area contributed by atoms with Crippen LogP contribution in [-0.2, 0) is 5.54 Å². The van der Waals surface area contributed by atoms with Crippen LogP contribution >= 0.6 is 0 Å². The van der Waals surface area contributed by atoms with Crippen LogP contribution in [0.15, 0.2) is 35.3 Å². The third-order valence-corrected chi connectivity index (χ3v) is 5.76. The van der Waals surface area contributed by atoms with Crippen LogP contribution in [0.1, 0.15) is 53.7 Å². The highest BCUT2D eigenvalue weighted by atomic mass is 16.5. The molecule has 0 atom stereocenters. The molecule has 3 aromatic rings. The van der Waals surface area contributed by atoms with E-state index in [1.807, 2.05) is 6.92 Å². The van der Waals surface area contributed by atoms with Gasteiger partial charge in [-0.2, -0.15) is 4.98 Å². The van der Waals surface area contributed by atoms with Crippen molar-refractivity contribution in [3.8, 4) is 0 Å². The van der Waals surface area contributed by atoms with E-state index in [0.29, 0.717) is 34.5 Å². The number of hydrogen-bond donors (Lipinski definition) is 3. The van der Waals surface area contributed by atoms with Crippen LogP contribution in [0.5, 0.6) is 0 Å². The lowest BCUT2D eigenvalue weighted by atomic mass is 9.79. The maximum Gasteiger partial charge on any atom is 0.284 e. The van der Waals surface area contributed by atoms with Crippen molar-refractivity contribution in [3.63, 3.8) is 0 Å².